The van der Waals surface area contributed by atoms with Crippen LogP contribution >= 0.6 is 11.3 Å². The number of fused-ring (bicyclic) bond motifs is 7. The van der Waals surface area contributed by atoms with Crippen LogP contribution in [0.15, 0.2) is 146 Å². The largest absolute Gasteiger partial charge is 0.292 e. The van der Waals surface area contributed by atoms with Crippen molar-refractivity contribution in [2.45, 2.75) is 19.3 Å². The number of hydrogen-bond donors (Lipinski definition) is 0. The van der Waals surface area contributed by atoms with E-state index >= 15 is 0 Å². The molecule has 1 aliphatic carbocycles. The maximum atomic E-state index is 5.51. The van der Waals surface area contributed by atoms with Gasteiger partial charge in [0.1, 0.15) is 5.82 Å². The highest BCUT2D eigenvalue weighted by atomic mass is 32.1. The van der Waals surface area contributed by atoms with Gasteiger partial charge in [-0.3, -0.25) is 4.57 Å². The summed E-state index contributed by atoms with van der Waals surface area (Å²) >= 11 is 1.84. The van der Waals surface area contributed by atoms with Crippen molar-refractivity contribution in [3.05, 3.63) is 157 Å². The first-order valence-corrected chi connectivity index (χ1v) is 17.4. The summed E-state index contributed by atoms with van der Waals surface area (Å²) in [6.07, 6.45) is 0. The fraction of sp³-hybridized carbons (Fsp3) is 0.0682. The lowest BCUT2D eigenvalue weighted by Gasteiger charge is -2.24. The minimum Gasteiger partial charge on any atom is -0.292 e. The third-order valence-corrected chi connectivity index (χ3v) is 11.2. The molecule has 0 amide bonds. The molecule has 0 N–H and O–H groups in total. The van der Waals surface area contributed by atoms with E-state index in [-0.39, 0.29) is 5.41 Å². The average Bonchev–Trinajstić information content (AvgIpc) is 3.80. The van der Waals surface area contributed by atoms with E-state index in [9.17, 15) is 0 Å². The lowest BCUT2D eigenvalue weighted by Crippen LogP contribution is -2.17. The van der Waals surface area contributed by atoms with Crippen LogP contribution in [0.5, 0.6) is 0 Å². The van der Waals surface area contributed by atoms with Crippen molar-refractivity contribution in [3.8, 4) is 51.0 Å². The molecule has 1 aliphatic rings. The quantitative estimate of drug-likeness (QED) is 0.191. The van der Waals surface area contributed by atoms with Crippen LogP contribution in [0, 0.1) is 0 Å². The van der Waals surface area contributed by atoms with Crippen molar-refractivity contribution in [1.29, 1.82) is 0 Å². The van der Waals surface area contributed by atoms with Gasteiger partial charge in [-0.2, -0.15) is 0 Å². The van der Waals surface area contributed by atoms with E-state index in [1.807, 2.05) is 23.5 Å². The third kappa shape index (κ3) is 4.19. The number of nitrogens with zero attached hydrogens (tertiary/aromatic N) is 4. The molecular weight excluding hydrogens is 617 g/mol. The summed E-state index contributed by atoms with van der Waals surface area (Å²) in [6, 6.07) is 51.4. The number of para-hydroxylation sites is 3. The second-order valence-corrected chi connectivity index (χ2v) is 14.3. The van der Waals surface area contributed by atoms with Crippen LogP contribution in [0.1, 0.15) is 25.0 Å². The van der Waals surface area contributed by atoms with Crippen LogP contribution in [0.25, 0.3) is 82.2 Å². The van der Waals surface area contributed by atoms with Gasteiger partial charge >= 0.3 is 0 Å². The van der Waals surface area contributed by atoms with E-state index in [2.05, 4.69) is 152 Å². The topological polar surface area (TPSA) is 43.6 Å². The number of thiophene rings is 1. The summed E-state index contributed by atoms with van der Waals surface area (Å²) in [4.78, 5) is 16.0. The van der Waals surface area contributed by atoms with Gasteiger partial charge in [0.05, 0.1) is 22.4 Å². The molecule has 6 aromatic carbocycles. The van der Waals surface area contributed by atoms with Crippen LogP contribution in [-0.2, 0) is 5.41 Å². The van der Waals surface area contributed by atoms with Crippen molar-refractivity contribution < 1.29 is 0 Å². The van der Waals surface area contributed by atoms with Crippen molar-refractivity contribution in [3.63, 3.8) is 0 Å². The Morgan fingerprint density at radius 1 is 0.571 bits per heavy atom. The van der Waals surface area contributed by atoms with Crippen LogP contribution in [0.4, 0.5) is 0 Å². The molecule has 0 spiro atoms. The number of rotatable bonds is 4. The second kappa shape index (κ2) is 10.5. The fourth-order valence-corrected chi connectivity index (χ4v) is 8.95. The molecule has 10 rings (SSSR count). The molecule has 0 saturated heterocycles. The van der Waals surface area contributed by atoms with E-state index in [0.29, 0.717) is 5.82 Å². The van der Waals surface area contributed by atoms with Crippen molar-refractivity contribution in [1.82, 2.24) is 19.5 Å². The zero-order valence-electron chi connectivity index (χ0n) is 27.1. The SMILES string of the molecule is CC1(C)c2ccccc2-c2nc(-c3cccc(-c4nc5ccccc5n4-c4ccccc4)c3)nc(-c3cccc4c3sc3ccccc34)c21. The summed E-state index contributed by atoms with van der Waals surface area (Å²) in [5.74, 6) is 1.60. The van der Waals surface area contributed by atoms with Gasteiger partial charge in [-0.05, 0) is 42.0 Å². The first-order valence-electron chi connectivity index (χ1n) is 16.6. The molecule has 232 valence electrons. The predicted octanol–water partition coefficient (Wildman–Crippen LogP) is 11.5. The molecule has 0 radical (unpaired) electrons. The third-order valence-electron chi connectivity index (χ3n) is 10.0. The Labute approximate surface area is 288 Å². The van der Waals surface area contributed by atoms with Gasteiger partial charge in [0.15, 0.2) is 5.82 Å². The fourth-order valence-electron chi connectivity index (χ4n) is 7.73. The summed E-state index contributed by atoms with van der Waals surface area (Å²) in [6.45, 7) is 4.62. The Hall–Kier alpha value is -5.91. The molecule has 0 aliphatic heterocycles. The zero-order valence-corrected chi connectivity index (χ0v) is 27.9. The molecule has 0 atom stereocenters. The summed E-state index contributed by atoms with van der Waals surface area (Å²) in [5.41, 5.74) is 11.6. The van der Waals surface area contributed by atoms with Gasteiger partial charge in [0, 0.05) is 59.1 Å². The standard InChI is InChI=1S/C44H30N4S/c1-44(2)34-22-8-6-19-32(34)39-38(44)40(33-21-13-20-31-30-18-7-11-25-37(30)49-41(31)33)47-42(46-39)27-14-12-15-28(26-27)43-45-35-23-9-10-24-36(35)48(43)29-16-4-3-5-17-29/h3-26H,1-2H3. The Morgan fingerprint density at radius 3 is 2.14 bits per heavy atom. The molecule has 3 heterocycles. The maximum Gasteiger partial charge on any atom is 0.160 e. The summed E-state index contributed by atoms with van der Waals surface area (Å²) in [7, 11) is 0. The van der Waals surface area contributed by atoms with Gasteiger partial charge in [-0.25, -0.2) is 15.0 Å². The normalized spacial score (nSPS) is 13.3. The number of imidazole rings is 1. The van der Waals surface area contributed by atoms with Crippen LogP contribution in [0.3, 0.4) is 0 Å². The summed E-state index contributed by atoms with van der Waals surface area (Å²) in [5, 5.41) is 2.55. The molecule has 3 aromatic heterocycles. The molecule has 9 aromatic rings. The Bertz CT molecular complexity index is 2750. The van der Waals surface area contributed by atoms with E-state index < -0.39 is 0 Å². The molecule has 0 fully saturated rings. The maximum absolute atomic E-state index is 5.51. The lowest BCUT2D eigenvalue weighted by atomic mass is 9.80. The highest BCUT2D eigenvalue weighted by molar-refractivity contribution is 7.26. The minimum absolute atomic E-state index is 0.263. The van der Waals surface area contributed by atoms with Crippen LogP contribution in [0.2, 0.25) is 0 Å². The van der Waals surface area contributed by atoms with Gasteiger partial charge in [-0.15, -0.1) is 11.3 Å². The molecule has 4 nitrogen and oxygen atoms in total. The molecule has 5 heteroatoms. The second-order valence-electron chi connectivity index (χ2n) is 13.2. The number of aromatic nitrogens is 4. The van der Waals surface area contributed by atoms with Crippen LogP contribution < -0.4 is 0 Å². The lowest BCUT2D eigenvalue weighted by molar-refractivity contribution is 0.658. The van der Waals surface area contributed by atoms with Crippen LogP contribution in [-0.4, -0.2) is 19.5 Å². The Balaban J connectivity index is 1.23. The van der Waals surface area contributed by atoms with Gasteiger partial charge in [0.2, 0.25) is 0 Å². The monoisotopic (exact) mass is 646 g/mol. The van der Waals surface area contributed by atoms with Crippen molar-refractivity contribution >= 4 is 42.5 Å². The number of hydrogen-bond acceptors (Lipinski definition) is 4. The first kappa shape index (κ1) is 28.1. The molecular formula is C44H30N4S. The highest BCUT2D eigenvalue weighted by Gasteiger charge is 2.40. The Morgan fingerprint density at radius 2 is 1.24 bits per heavy atom. The average molecular weight is 647 g/mol. The van der Waals surface area contributed by atoms with Gasteiger partial charge in [0.25, 0.3) is 0 Å². The predicted molar refractivity (Wildman–Crippen MR) is 203 cm³/mol. The first-order chi connectivity index (χ1) is 24.1. The van der Waals surface area contributed by atoms with Crippen molar-refractivity contribution in [2.24, 2.45) is 0 Å². The van der Waals surface area contributed by atoms with E-state index in [0.717, 1.165) is 50.6 Å². The molecule has 0 bridgehead atoms. The van der Waals surface area contributed by atoms with E-state index in [1.54, 1.807) is 0 Å². The van der Waals surface area contributed by atoms with E-state index in [1.165, 1.54) is 36.9 Å². The molecule has 0 saturated carbocycles. The zero-order chi connectivity index (χ0) is 32.7. The number of benzene rings is 6. The Kier molecular flexibility index (Phi) is 6.05. The van der Waals surface area contributed by atoms with Gasteiger partial charge < -0.3 is 0 Å². The van der Waals surface area contributed by atoms with E-state index in [4.69, 9.17) is 15.0 Å². The van der Waals surface area contributed by atoms with Gasteiger partial charge in [-0.1, -0.05) is 123 Å². The highest BCUT2D eigenvalue weighted by Crippen LogP contribution is 2.52. The molecule has 0 unspecified atom stereocenters. The minimum atomic E-state index is -0.263. The summed E-state index contributed by atoms with van der Waals surface area (Å²) < 4.78 is 4.78. The smallest absolute Gasteiger partial charge is 0.160 e. The van der Waals surface area contributed by atoms with Crippen molar-refractivity contribution in [2.75, 3.05) is 0 Å². The molecule has 49 heavy (non-hydrogen) atoms.